The Labute approximate surface area is 117 Å². The van der Waals surface area contributed by atoms with Crippen LogP contribution in [0.5, 0.6) is 0 Å². The molecule has 2 heteroatoms. The molecule has 3 aromatic rings. The van der Waals surface area contributed by atoms with Crippen molar-refractivity contribution in [2.45, 2.75) is 18.8 Å². The van der Waals surface area contributed by atoms with E-state index in [1.165, 1.54) is 25.0 Å². The van der Waals surface area contributed by atoms with Crippen molar-refractivity contribution in [2.24, 2.45) is 0 Å². The zero-order valence-electron chi connectivity index (χ0n) is 10.9. The zero-order chi connectivity index (χ0) is 13.5. The van der Waals surface area contributed by atoms with Gasteiger partial charge in [0.1, 0.15) is 5.82 Å². The molecular weight excluding hydrogens is 249 g/mol. The van der Waals surface area contributed by atoms with Gasteiger partial charge in [-0.2, -0.15) is 0 Å². The summed E-state index contributed by atoms with van der Waals surface area (Å²) < 4.78 is 13.1. The molecule has 0 amide bonds. The predicted octanol–water partition coefficient (Wildman–Crippen LogP) is 4.72. The minimum Gasteiger partial charge on any atom is -0.252 e. The van der Waals surface area contributed by atoms with Crippen LogP contribution in [-0.2, 0) is 0 Å². The molecule has 0 aliphatic heterocycles. The minimum atomic E-state index is -0.213. The van der Waals surface area contributed by atoms with Crippen LogP contribution in [0.3, 0.4) is 0 Å². The highest BCUT2D eigenvalue weighted by Crippen LogP contribution is 2.41. The summed E-state index contributed by atoms with van der Waals surface area (Å²) in [6.45, 7) is 0. The van der Waals surface area contributed by atoms with E-state index in [1.54, 1.807) is 0 Å². The summed E-state index contributed by atoms with van der Waals surface area (Å²) in [4.78, 5) is 4.71. The molecule has 4 rings (SSSR count). The van der Waals surface area contributed by atoms with Gasteiger partial charge in [0.2, 0.25) is 0 Å². The van der Waals surface area contributed by atoms with Gasteiger partial charge in [-0.05, 0) is 36.6 Å². The monoisotopic (exact) mass is 262 g/mol. The lowest BCUT2D eigenvalue weighted by molar-refractivity contribution is 0.628. The lowest BCUT2D eigenvalue weighted by atomic mass is 9.99. The lowest BCUT2D eigenvalue weighted by Gasteiger charge is -2.09. The van der Waals surface area contributed by atoms with Crippen molar-refractivity contribution in [3.63, 3.8) is 0 Å². The van der Waals surface area contributed by atoms with E-state index < -0.39 is 0 Å². The first-order valence-corrected chi connectivity index (χ1v) is 6.89. The molecule has 1 heterocycles. The number of benzene rings is 2. The second-order valence-electron chi connectivity index (χ2n) is 5.30. The third-order valence-corrected chi connectivity index (χ3v) is 3.76. The molecule has 1 fully saturated rings. The lowest BCUT2D eigenvalue weighted by Crippen LogP contribution is -1.92. The first-order valence-electron chi connectivity index (χ1n) is 6.89. The number of halogens is 1. The van der Waals surface area contributed by atoms with Crippen molar-refractivity contribution in [3.8, 4) is 11.1 Å². The average Bonchev–Trinajstić information content (AvgIpc) is 3.32. The summed E-state index contributed by atoms with van der Waals surface area (Å²) >= 11 is 0. The predicted molar refractivity (Wildman–Crippen MR) is 77.9 cm³/mol. The van der Waals surface area contributed by atoms with Gasteiger partial charge in [0.25, 0.3) is 0 Å². The molecule has 1 aromatic heterocycles. The highest BCUT2D eigenvalue weighted by atomic mass is 19.1. The first-order chi connectivity index (χ1) is 9.81. The van der Waals surface area contributed by atoms with Crippen molar-refractivity contribution in [1.82, 2.24) is 4.98 Å². The molecule has 0 bridgehead atoms. The van der Waals surface area contributed by atoms with Gasteiger partial charge >= 0.3 is 0 Å². The number of pyridine rings is 1. The summed E-state index contributed by atoms with van der Waals surface area (Å²) in [5.41, 5.74) is 4.06. The fourth-order valence-corrected chi connectivity index (χ4v) is 2.53. The highest BCUT2D eigenvalue weighted by Gasteiger charge is 2.26. The Morgan fingerprint density at radius 1 is 1.00 bits per heavy atom. The highest BCUT2D eigenvalue weighted by molar-refractivity contribution is 5.94. The van der Waals surface area contributed by atoms with Crippen LogP contribution in [0.15, 0.2) is 48.5 Å². The van der Waals surface area contributed by atoms with E-state index in [9.17, 15) is 4.39 Å². The third-order valence-electron chi connectivity index (χ3n) is 3.76. The molecule has 0 saturated heterocycles. The summed E-state index contributed by atoms with van der Waals surface area (Å²) in [5, 5.41) is 1.07. The van der Waals surface area contributed by atoms with E-state index in [0.29, 0.717) is 5.92 Å². The van der Waals surface area contributed by atoms with E-state index in [4.69, 9.17) is 4.98 Å². The summed E-state index contributed by atoms with van der Waals surface area (Å²) in [7, 11) is 0. The third kappa shape index (κ3) is 1.97. The molecular formula is C18H13FN. The summed E-state index contributed by atoms with van der Waals surface area (Å²) in [5.74, 6) is 0.341. The average molecular weight is 262 g/mol. The fraction of sp³-hybridized carbons (Fsp3) is 0.167. The number of para-hydroxylation sites is 1. The molecule has 97 valence electrons. The van der Waals surface area contributed by atoms with E-state index in [0.717, 1.165) is 27.7 Å². The Hall–Kier alpha value is -2.22. The topological polar surface area (TPSA) is 12.9 Å². The Morgan fingerprint density at radius 3 is 2.50 bits per heavy atom. The van der Waals surface area contributed by atoms with Gasteiger partial charge < -0.3 is 0 Å². The maximum atomic E-state index is 13.1. The van der Waals surface area contributed by atoms with Gasteiger partial charge in [0.05, 0.1) is 11.2 Å². The number of rotatable bonds is 2. The second kappa shape index (κ2) is 4.41. The largest absolute Gasteiger partial charge is 0.252 e. The Kier molecular flexibility index (Phi) is 2.56. The Balaban J connectivity index is 1.98. The second-order valence-corrected chi connectivity index (χ2v) is 5.30. The van der Waals surface area contributed by atoms with E-state index in [1.807, 2.05) is 36.4 Å². The van der Waals surface area contributed by atoms with E-state index >= 15 is 0 Å². The Morgan fingerprint density at radius 2 is 1.75 bits per heavy atom. The molecule has 0 atom stereocenters. The van der Waals surface area contributed by atoms with Crippen LogP contribution < -0.4 is 0 Å². The quantitative estimate of drug-likeness (QED) is 0.651. The smallest absolute Gasteiger partial charge is 0.123 e. The van der Waals surface area contributed by atoms with Gasteiger partial charge in [0, 0.05) is 22.9 Å². The van der Waals surface area contributed by atoms with Crippen LogP contribution in [-0.4, -0.2) is 4.98 Å². The summed E-state index contributed by atoms with van der Waals surface area (Å²) in [6.07, 6.45) is 2.40. The van der Waals surface area contributed by atoms with Crippen molar-refractivity contribution in [3.05, 3.63) is 66.1 Å². The van der Waals surface area contributed by atoms with Gasteiger partial charge in [0.15, 0.2) is 0 Å². The normalized spacial score (nSPS) is 14.7. The van der Waals surface area contributed by atoms with Crippen LogP contribution in [0, 0.1) is 11.9 Å². The van der Waals surface area contributed by atoms with Crippen LogP contribution in [0.25, 0.3) is 22.0 Å². The molecule has 0 N–H and O–H groups in total. The number of fused-ring (bicyclic) bond motifs is 1. The van der Waals surface area contributed by atoms with Gasteiger partial charge in [-0.1, -0.05) is 30.3 Å². The number of hydrogen-bond acceptors (Lipinski definition) is 1. The molecule has 1 nitrogen and oxygen atoms in total. The maximum absolute atomic E-state index is 13.1. The van der Waals surface area contributed by atoms with Crippen LogP contribution >= 0.6 is 0 Å². The number of aromatic nitrogens is 1. The number of nitrogens with zero attached hydrogens (tertiary/aromatic N) is 1. The van der Waals surface area contributed by atoms with Crippen LogP contribution in [0.4, 0.5) is 4.39 Å². The molecule has 1 radical (unpaired) electrons. The molecule has 20 heavy (non-hydrogen) atoms. The molecule has 1 aliphatic carbocycles. The van der Waals surface area contributed by atoms with E-state index in [-0.39, 0.29) is 5.82 Å². The van der Waals surface area contributed by atoms with Crippen molar-refractivity contribution < 1.29 is 4.39 Å². The van der Waals surface area contributed by atoms with Gasteiger partial charge in [-0.3, -0.25) is 4.98 Å². The van der Waals surface area contributed by atoms with Crippen LogP contribution in [0.2, 0.25) is 0 Å². The maximum Gasteiger partial charge on any atom is 0.123 e. The standard InChI is InChI=1S/C18H13FN/c19-14-9-7-12(8-10-14)16-11-18(13-5-6-13)20-17-4-2-1-3-15(16)17/h1-4,7-10,13H,5-6H2. The van der Waals surface area contributed by atoms with Crippen molar-refractivity contribution >= 4 is 10.9 Å². The van der Waals surface area contributed by atoms with Crippen LogP contribution in [0.1, 0.15) is 24.5 Å². The molecule has 1 aliphatic rings. The van der Waals surface area contributed by atoms with Crippen molar-refractivity contribution in [1.29, 1.82) is 0 Å². The van der Waals surface area contributed by atoms with Gasteiger partial charge in [-0.25, -0.2) is 4.39 Å². The summed E-state index contributed by atoms with van der Waals surface area (Å²) in [6, 6.07) is 18.1. The van der Waals surface area contributed by atoms with Crippen molar-refractivity contribution in [2.75, 3.05) is 0 Å². The molecule has 1 saturated carbocycles. The molecule has 0 spiro atoms. The van der Waals surface area contributed by atoms with E-state index in [2.05, 4.69) is 6.07 Å². The fourth-order valence-electron chi connectivity index (χ4n) is 2.53. The number of hydrogen-bond donors (Lipinski definition) is 0. The minimum absolute atomic E-state index is 0.213. The molecule has 2 aromatic carbocycles. The molecule has 0 unspecified atom stereocenters. The Bertz CT molecular complexity index is 773. The SMILES string of the molecule is Fc1ccc(-c2[c]c(C3CC3)nc3ccccc23)cc1. The first kappa shape index (κ1) is 11.6. The van der Waals surface area contributed by atoms with Gasteiger partial charge in [-0.15, -0.1) is 0 Å². The zero-order valence-corrected chi connectivity index (χ0v) is 10.9.